The number of piperidine rings is 1. The van der Waals surface area contributed by atoms with Gasteiger partial charge in [-0.05, 0) is 62.6 Å². The average Bonchev–Trinajstić information content (AvgIpc) is 2.71. The summed E-state index contributed by atoms with van der Waals surface area (Å²) in [6.45, 7) is 4.54. The van der Waals surface area contributed by atoms with Crippen molar-refractivity contribution in [3.05, 3.63) is 48.5 Å². The maximum atomic E-state index is 12.2. The minimum Gasteiger partial charge on any atom is -0.492 e. The van der Waals surface area contributed by atoms with Gasteiger partial charge in [0.15, 0.2) is 0 Å². The van der Waals surface area contributed by atoms with Crippen molar-refractivity contribution in [2.75, 3.05) is 35.2 Å². The molecule has 1 heterocycles. The molecule has 2 N–H and O–H groups in total. The Kier molecular flexibility index (Phi) is 6.89. The Labute approximate surface area is 165 Å². The van der Waals surface area contributed by atoms with Gasteiger partial charge in [0.1, 0.15) is 12.2 Å². The Bertz CT molecular complexity index is 799. The van der Waals surface area contributed by atoms with Gasteiger partial charge in [-0.2, -0.15) is 0 Å². The average molecular weight is 381 g/mol. The summed E-state index contributed by atoms with van der Waals surface area (Å²) in [5, 5.41) is 5.51. The lowest BCUT2D eigenvalue weighted by atomic mass is 10.1. The van der Waals surface area contributed by atoms with E-state index in [0.29, 0.717) is 23.7 Å². The number of rotatable bonds is 7. The molecule has 0 atom stereocenters. The van der Waals surface area contributed by atoms with E-state index < -0.39 is 0 Å². The highest BCUT2D eigenvalue weighted by molar-refractivity contribution is 6.08. The van der Waals surface area contributed by atoms with Crippen molar-refractivity contribution >= 4 is 28.9 Å². The van der Waals surface area contributed by atoms with Gasteiger partial charge in [0, 0.05) is 24.5 Å². The van der Waals surface area contributed by atoms with E-state index in [0.717, 1.165) is 13.1 Å². The molecule has 0 spiro atoms. The zero-order valence-corrected chi connectivity index (χ0v) is 16.2. The van der Waals surface area contributed by atoms with Crippen LogP contribution in [0, 0.1) is 0 Å². The van der Waals surface area contributed by atoms with Crippen molar-refractivity contribution in [1.29, 1.82) is 0 Å². The van der Waals surface area contributed by atoms with Gasteiger partial charge in [0.05, 0.1) is 12.3 Å². The summed E-state index contributed by atoms with van der Waals surface area (Å²) in [6, 6.07) is 15.0. The molecular formula is C22H27N3O3. The van der Waals surface area contributed by atoms with Gasteiger partial charge < -0.3 is 20.3 Å². The van der Waals surface area contributed by atoms with Crippen LogP contribution in [-0.2, 0) is 9.59 Å². The Morgan fingerprint density at radius 3 is 2.32 bits per heavy atom. The summed E-state index contributed by atoms with van der Waals surface area (Å²) in [5.74, 6) is -0.140. The molecule has 0 saturated carbocycles. The van der Waals surface area contributed by atoms with Crippen LogP contribution in [0.15, 0.2) is 48.5 Å². The van der Waals surface area contributed by atoms with Gasteiger partial charge in [-0.3, -0.25) is 9.59 Å². The second kappa shape index (κ2) is 9.78. The third-order valence-corrected chi connectivity index (χ3v) is 4.65. The molecule has 3 rings (SSSR count). The second-order valence-electron chi connectivity index (χ2n) is 6.80. The van der Waals surface area contributed by atoms with Crippen molar-refractivity contribution in [2.45, 2.75) is 32.6 Å². The second-order valence-corrected chi connectivity index (χ2v) is 6.80. The van der Waals surface area contributed by atoms with E-state index in [1.54, 1.807) is 12.1 Å². The molecule has 2 aromatic rings. The SMILES string of the molecule is CCOc1ccccc1NC(=O)CC(=O)Nc1ccc(N2CCCCC2)cc1. The molecule has 0 radical (unpaired) electrons. The first-order valence-corrected chi connectivity index (χ1v) is 9.82. The lowest BCUT2D eigenvalue weighted by Gasteiger charge is -2.28. The zero-order chi connectivity index (χ0) is 19.8. The number of carbonyl (C=O) groups is 2. The number of ether oxygens (including phenoxy) is 1. The van der Waals surface area contributed by atoms with Crippen molar-refractivity contribution in [2.24, 2.45) is 0 Å². The number of para-hydroxylation sites is 2. The van der Waals surface area contributed by atoms with Crippen LogP contribution in [0.3, 0.4) is 0 Å². The standard InChI is InChI=1S/C22H27N3O3/c1-2-28-20-9-5-4-8-19(20)24-22(27)16-21(26)23-17-10-12-18(13-11-17)25-14-6-3-7-15-25/h4-5,8-13H,2-3,6-7,14-16H2,1H3,(H,23,26)(H,24,27). The smallest absolute Gasteiger partial charge is 0.233 e. The quantitative estimate of drug-likeness (QED) is 0.710. The number of hydrogen-bond acceptors (Lipinski definition) is 4. The fourth-order valence-corrected chi connectivity index (χ4v) is 3.30. The highest BCUT2D eigenvalue weighted by Gasteiger charge is 2.13. The molecule has 1 aliphatic heterocycles. The molecule has 2 amide bonds. The monoisotopic (exact) mass is 381 g/mol. The molecule has 28 heavy (non-hydrogen) atoms. The predicted octanol–water partition coefficient (Wildman–Crippen LogP) is 4.04. The van der Waals surface area contributed by atoms with Crippen molar-refractivity contribution < 1.29 is 14.3 Å². The summed E-state index contributed by atoms with van der Waals surface area (Å²) in [4.78, 5) is 26.8. The van der Waals surface area contributed by atoms with Crippen LogP contribution in [0.4, 0.5) is 17.1 Å². The number of amides is 2. The molecule has 148 valence electrons. The molecule has 0 aromatic heterocycles. The van der Waals surface area contributed by atoms with Crippen molar-refractivity contribution in [3.63, 3.8) is 0 Å². The van der Waals surface area contributed by atoms with Gasteiger partial charge in [-0.1, -0.05) is 12.1 Å². The molecule has 0 bridgehead atoms. The van der Waals surface area contributed by atoms with Crippen LogP contribution in [0.1, 0.15) is 32.6 Å². The van der Waals surface area contributed by atoms with E-state index in [4.69, 9.17) is 4.74 Å². The van der Waals surface area contributed by atoms with Gasteiger partial charge in [0.2, 0.25) is 11.8 Å². The molecule has 1 aliphatic rings. The third kappa shape index (κ3) is 5.49. The van der Waals surface area contributed by atoms with Crippen molar-refractivity contribution in [3.8, 4) is 5.75 Å². The number of benzene rings is 2. The highest BCUT2D eigenvalue weighted by atomic mass is 16.5. The van der Waals surface area contributed by atoms with Crippen LogP contribution in [0.5, 0.6) is 5.75 Å². The maximum absolute atomic E-state index is 12.2. The van der Waals surface area contributed by atoms with Gasteiger partial charge >= 0.3 is 0 Å². The molecule has 6 nitrogen and oxygen atoms in total. The summed E-state index contributed by atoms with van der Waals surface area (Å²) >= 11 is 0. The minimum absolute atomic E-state index is 0.256. The van der Waals surface area contributed by atoms with Crippen LogP contribution in [-0.4, -0.2) is 31.5 Å². The van der Waals surface area contributed by atoms with Gasteiger partial charge in [-0.25, -0.2) is 0 Å². The fraction of sp³-hybridized carbons (Fsp3) is 0.364. The highest BCUT2D eigenvalue weighted by Crippen LogP contribution is 2.24. The summed E-state index contributed by atoms with van der Waals surface area (Å²) in [7, 11) is 0. The van der Waals surface area contributed by atoms with Crippen LogP contribution >= 0.6 is 0 Å². The molecule has 0 aliphatic carbocycles. The predicted molar refractivity (Wildman–Crippen MR) is 112 cm³/mol. The van der Waals surface area contributed by atoms with E-state index in [2.05, 4.69) is 15.5 Å². The van der Waals surface area contributed by atoms with E-state index in [9.17, 15) is 9.59 Å². The Morgan fingerprint density at radius 2 is 1.61 bits per heavy atom. The summed E-state index contributed by atoms with van der Waals surface area (Å²) < 4.78 is 5.48. The van der Waals surface area contributed by atoms with Crippen molar-refractivity contribution in [1.82, 2.24) is 0 Å². The van der Waals surface area contributed by atoms with E-state index in [1.807, 2.05) is 43.3 Å². The summed E-state index contributed by atoms with van der Waals surface area (Å²) in [6.07, 6.45) is 3.48. The molecule has 6 heteroatoms. The Balaban J connectivity index is 1.51. The zero-order valence-electron chi connectivity index (χ0n) is 16.2. The van der Waals surface area contributed by atoms with Gasteiger partial charge in [-0.15, -0.1) is 0 Å². The fourth-order valence-electron chi connectivity index (χ4n) is 3.30. The molecule has 1 fully saturated rings. The third-order valence-electron chi connectivity index (χ3n) is 4.65. The molecule has 2 aromatic carbocycles. The lowest BCUT2D eigenvalue weighted by Crippen LogP contribution is -2.29. The first-order valence-electron chi connectivity index (χ1n) is 9.82. The van der Waals surface area contributed by atoms with Crippen LogP contribution < -0.4 is 20.3 Å². The number of anilines is 3. The number of nitrogens with zero attached hydrogens (tertiary/aromatic N) is 1. The topological polar surface area (TPSA) is 70.7 Å². The van der Waals surface area contributed by atoms with Gasteiger partial charge in [0.25, 0.3) is 0 Å². The first-order chi connectivity index (χ1) is 13.7. The molecule has 1 saturated heterocycles. The Morgan fingerprint density at radius 1 is 0.929 bits per heavy atom. The normalized spacial score (nSPS) is 13.7. The first kappa shape index (κ1) is 19.7. The number of nitrogens with one attached hydrogen (secondary N) is 2. The van der Waals surface area contributed by atoms with E-state index in [-0.39, 0.29) is 18.2 Å². The number of carbonyl (C=O) groups excluding carboxylic acids is 2. The Hall–Kier alpha value is -3.02. The molecular weight excluding hydrogens is 354 g/mol. The molecule has 0 unspecified atom stereocenters. The largest absolute Gasteiger partial charge is 0.492 e. The van der Waals surface area contributed by atoms with Crippen LogP contribution in [0.25, 0.3) is 0 Å². The summed E-state index contributed by atoms with van der Waals surface area (Å²) in [5.41, 5.74) is 2.42. The minimum atomic E-state index is -0.380. The maximum Gasteiger partial charge on any atom is 0.233 e. The van der Waals surface area contributed by atoms with E-state index in [1.165, 1.54) is 24.9 Å². The van der Waals surface area contributed by atoms with Crippen LogP contribution in [0.2, 0.25) is 0 Å². The van der Waals surface area contributed by atoms with E-state index >= 15 is 0 Å². The number of hydrogen-bond donors (Lipinski definition) is 2. The lowest BCUT2D eigenvalue weighted by molar-refractivity contribution is -0.123.